The lowest BCUT2D eigenvalue weighted by Gasteiger charge is -2.42. The van der Waals surface area contributed by atoms with E-state index in [9.17, 15) is 78.3 Å². The molecular formula is C55H60O33. The van der Waals surface area contributed by atoms with Crippen LogP contribution in [0.3, 0.4) is 0 Å². The summed E-state index contributed by atoms with van der Waals surface area (Å²) < 4.78 is 74.1. The van der Waals surface area contributed by atoms with Crippen LogP contribution in [0.15, 0.2) is 66.7 Å². The molecule has 0 aromatic heterocycles. The van der Waals surface area contributed by atoms with Crippen LogP contribution >= 0.6 is 0 Å². The molecule has 7 N–H and O–H groups in total. The Morgan fingerprint density at radius 2 is 0.830 bits per heavy atom. The van der Waals surface area contributed by atoms with Crippen molar-refractivity contribution in [1.82, 2.24) is 0 Å². The third kappa shape index (κ3) is 20.7. The molecule has 2 aliphatic rings. The molecular weight excluding hydrogens is 1190 g/mol. The summed E-state index contributed by atoms with van der Waals surface area (Å²) in [5.74, 6) is -9.98. The predicted molar refractivity (Wildman–Crippen MR) is 283 cm³/mol. The fourth-order valence-electron chi connectivity index (χ4n) is 8.03. The quantitative estimate of drug-likeness (QED) is 0.0268. The topological polar surface area (TPSA) is 468 Å². The van der Waals surface area contributed by atoms with Crippen molar-refractivity contribution in [2.24, 2.45) is 0 Å². The van der Waals surface area contributed by atoms with Gasteiger partial charge in [-0.25, -0.2) is 47.9 Å². The molecule has 0 radical (unpaired) electrons. The zero-order valence-electron chi connectivity index (χ0n) is 47.4. The normalized spacial score (nSPS) is 21.1. The summed E-state index contributed by atoms with van der Waals surface area (Å²) in [5.41, 5.74) is -3.98. The van der Waals surface area contributed by atoms with E-state index in [0.717, 1.165) is 85.2 Å². The number of aliphatic hydroxyl groups is 7. The molecule has 3 aromatic carbocycles. The van der Waals surface area contributed by atoms with Gasteiger partial charge in [0.05, 0.1) is 54.9 Å². The lowest BCUT2D eigenvalue weighted by molar-refractivity contribution is -0.213. The summed E-state index contributed by atoms with van der Waals surface area (Å²) >= 11 is 0. The van der Waals surface area contributed by atoms with Crippen molar-refractivity contribution >= 4 is 78.6 Å². The molecule has 478 valence electrons. The molecule has 0 heterocycles. The van der Waals surface area contributed by atoms with Gasteiger partial charge < -0.3 is 107 Å². The molecule has 3 aromatic rings. The molecule has 0 saturated heterocycles. The van der Waals surface area contributed by atoms with Crippen LogP contribution in [0, 0.1) is 0 Å². The molecule has 33 heteroatoms. The largest absolute Gasteiger partial charge is 0.513 e. The Kier molecular flexibility index (Phi) is 26.7. The zero-order chi connectivity index (χ0) is 65.5. The van der Waals surface area contributed by atoms with Gasteiger partial charge in [-0.2, -0.15) is 0 Å². The Balaban J connectivity index is 0.00000104. The molecule has 2 saturated carbocycles. The highest BCUT2D eigenvalue weighted by atomic mass is 16.8. The van der Waals surface area contributed by atoms with Gasteiger partial charge in [0.25, 0.3) is 0 Å². The second-order valence-corrected chi connectivity index (χ2v) is 18.2. The van der Waals surface area contributed by atoms with Crippen LogP contribution in [0.2, 0.25) is 0 Å². The molecule has 88 heavy (non-hydrogen) atoms. The molecule has 2 fully saturated rings. The van der Waals surface area contributed by atoms with Gasteiger partial charge in [0.1, 0.15) is 31.5 Å². The fraction of sp³-hybridized carbons (Fsp3) is 0.400. The summed E-state index contributed by atoms with van der Waals surface area (Å²) in [6.45, 7) is -2.12. The van der Waals surface area contributed by atoms with Crippen molar-refractivity contribution in [3.05, 3.63) is 83.4 Å². The minimum atomic E-state index is -2.57. The van der Waals surface area contributed by atoms with E-state index in [2.05, 4.69) is 23.7 Å². The molecule has 0 aliphatic heterocycles. The number of esters is 7. The highest BCUT2D eigenvalue weighted by Gasteiger charge is 2.55. The summed E-state index contributed by atoms with van der Waals surface area (Å²) in [4.78, 5) is 136. The second-order valence-electron chi connectivity index (χ2n) is 18.2. The number of carbonyl (C=O) groups is 11. The molecule has 5 rings (SSSR count). The van der Waals surface area contributed by atoms with E-state index in [1.807, 2.05) is 0 Å². The Bertz CT molecular complexity index is 3080. The number of aryl methyl sites for hydroxylation is 1. The summed E-state index contributed by atoms with van der Waals surface area (Å²) in [6.07, 6.45) is -13.2. The maximum atomic E-state index is 13.6. The first-order chi connectivity index (χ1) is 41.7. The number of ether oxygens (including phenoxy) is 15. The van der Waals surface area contributed by atoms with E-state index in [1.54, 1.807) is 0 Å². The monoisotopic (exact) mass is 1250 g/mol. The Morgan fingerprint density at radius 1 is 0.455 bits per heavy atom. The number of hydrogen-bond donors (Lipinski definition) is 7. The van der Waals surface area contributed by atoms with E-state index in [4.69, 9.17) is 57.6 Å². The first-order valence-electron chi connectivity index (χ1n) is 25.4. The number of rotatable bonds is 20. The highest BCUT2D eigenvalue weighted by molar-refractivity contribution is 5.89. The van der Waals surface area contributed by atoms with Crippen LogP contribution < -0.4 is 28.4 Å². The molecule has 0 bridgehead atoms. The van der Waals surface area contributed by atoms with Crippen molar-refractivity contribution in [2.45, 2.75) is 86.4 Å². The lowest BCUT2D eigenvalue weighted by Crippen LogP contribution is -2.59. The van der Waals surface area contributed by atoms with Crippen LogP contribution in [0.1, 0.15) is 48.8 Å². The number of methoxy groups -OCH3 is 6. The first-order valence-corrected chi connectivity index (χ1v) is 25.4. The van der Waals surface area contributed by atoms with Gasteiger partial charge in [-0.1, -0.05) is 18.2 Å². The number of aliphatic hydroxyl groups excluding tert-OH is 5. The zero-order valence-corrected chi connectivity index (χ0v) is 47.4. The molecule has 2 aliphatic carbocycles. The number of benzene rings is 3. The lowest BCUT2D eigenvalue weighted by atomic mass is 9.79. The van der Waals surface area contributed by atoms with Gasteiger partial charge in [0, 0.05) is 44.3 Å². The van der Waals surface area contributed by atoms with Crippen molar-refractivity contribution in [3.8, 4) is 34.5 Å². The molecule has 6 atom stereocenters. The van der Waals surface area contributed by atoms with Crippen LogP contribution in [0.25, 0.3) is 12.2 Å². The smallest absolute Gasteiger partial charge is 0.467 e. The van der Waals surface area contributed by atoms with Crippen LogP contribution in [-0.2, 0) is 82.6 Å². The molecule has 0 amide bonds. The standard InChI is InChI=1S/C47H46O27.C8H14O6/c1-61-42(55)47(60)21-34(68-36(50)15-9-25-6-12-28(66-39(53)23-48)31(18-25)67-40(54)24-49)41(74-38(52)17-11-27-8-14-30(71-44(57)63-3)33(20-27)73-46(59)65-5)35(22-47)69-37(51)16-10-26-7-13-29(70-43(56)62-2)32(19-26)72-45(58)64-4;1-14-7(12)8(13)2-4(9)6(11)5(10)3-8/h6-9,11-15,17-20,34-35,41,48-49,60H,10,16,21-24H2,1-5H3;4-6,9-11,13H,2-3H2,1H3/b15-9+,17-11+;/t34-,35-,41-,47+;4-,5-,6?,8?/m11/s1. The van der Waals surface area contributed by atoms with Gasteiger partial charge in [-0.15, -0.1) is 0 Å². The molecule has 0 unspecified atom stereocenters. The third-order valence-corrected chi connectivity index (χ3v) is 12.2. The van der Waals surface area contributed by atoms with E-state index < -0.39 is 152 Å². The third-order valence-electron chi connectivity index (χ3n) is 12.2. The van der Waals surface area contributed by atoms with Crippen molar-refractivity contribution in [3.63, 3.8) is 0 Å². The van der Waals surface area contributed by atoms with Gasteiger partial charge >= 0.3 is 66.4 Å². The second kappa shape index (κ2) is 33.2. The van der Waals surface area contributed by atoms with Crippen LogP contribution in [0.4, 0.5) is 19.2 Å². The van der Waals surface area contributed by atoms with E-state index in [0.29, 0.717) is 5.56 Å². The average molecular weight is 1250 g/mol. The Labute approximate surface area is 497 Å². The number of carbonyl (C=O) groups excluding carboxylic acids is 11. The Hall–Kier alpha value is -9.77. The van der Waals surface area contributed by atoms with E-state index >= 15 is 0 Å². The van der Waals surface area contributed by atoms with Crippen molar-refractivity contribution in [2.75, 3.05) is 55.9 Å². The van der Waals surface area contributed by atoms with Gasteiger partial charge in [-0.05, 0) is 71.7 Å². The number of hydrogen-bond acceptors (Lipinski definition) is 33. The highest BCUT2D eigenvalue weighted by Crippen LogP contribution is 2.38. The van der Waals surface area contributed by atoms with E-state index in [-0.39, 0.29) is 59.1 Å². The summed E-state index contributed by atoms with van der Waals surface area (Å²) in [5, 5.41) is 67.3. The molecule has 0 spiro atoms. The van der Waals surface area contributed by atoms with Crippen LogP contribution in [0.5, 0.6) is 34.5 Å². The average Bonchev–Trinajstić information content (AvgIpc) is 2.65. The molecule has 33 nitrogen and oxygen atoms in total. The minimum absolute atomic E-state index is 0.0840. The SMILES string of the molecule is COC(=O)C1(O)C[C@@H](O)C(O)[C@H](O)C1.COC(=O)Oc1ccc(/C=C/C(=O)O[C@@H]2[C@H](OC(=O)/C=C/c3ccc(OC(=O)CO)c(OC(=O)CO)c3)C[C@@](O)(C(=O)OC)C[C@H]2OC(=O)CCc2ccc(OC(=O)OC)c(OC(=O)OC)c2)cc1OC(=O)OC. The maximum Gasteiger partial charge on any atom is 0.513 e. The Morgan fingerprint density at radius 3 is 1.27 bits per heavy atom. The summed E-state index contributed by atoms with van der Waals surface area (Å²) in [6, 6.07) is 11.0. The predicted octanol–water partition coefficient (Wildman–Crippen LogP) is 0.623. The van der Waals surface area contributed by atoms with Gasteiger partial charge in [0.15, 0.2) is 51.8 Å². The maximum absolute atomic E-state index is 13.6. The summed E-state index contributed by atoms with van der Waals surface area (Å²) in [7, 11) is 6.12. The minimum Gasteiger partial charge on any atom is -0.467 e. The first kappa shape index (κ1) is 70.7. The van der Waals surface area contributed by atoms with E-state index in [1.165, 1.54) is 36.4 Å². The fourth-order valence-corrected chi connectivity index (χ4v) is 8.03. The van der Waals surface area contributed by atoms with Crippen molar-refractivity contribution in [1.29, 1.82) is 0 Å². The van der Waals surface area contributed by atoms with Crippen LogP contribution in [-0.4, -0.2) is 206 Å². The van der Waals surface area contributed by atoms with Gasteiger partial charge in [0.2, 0.25) is 0 Å². The van der Waals surface area contributed by atoms with Gasteiger partial charge in [-0.3, -0.25) is 4.79 Å². The van der Waals surface area contributed by atoms with Crippen molar-refractivity contribution < 1.29 is 160 Å².